The van der Waals surface area contributed by atoms with Crippen LogP contribution in [-0.2, 0) is 0 Å². The standard InChI is InChI=1S/C17H15IN4O2S/c1-3-19-15-13-12-8-9-22(10-4-6-11(24-2)7-5-10)17(23)14(12)25-16(13)21-18-20-15/h4-9H,3H2,1-2H3,(H,19,20,21). The molecular formula is C17H15IN4O2S. The van der Waals surface area contributed by atoms with Crippen LogP contribution in [0, 0.1) is 0 Å². The first kappa shape index (κ1) is 16.4. The normalized spacial score (nSPS) is 14.9. The van der Waals surface area contributed by atoms with Gasteiger partial charge in [-0.2, -0.15) is 3.15 Å². The Labute approximate surface area is 158 Å². The Bertz CT molecular complexity index is 1070. The molecule has 0 fully saturated rings. The average molecular weight is 466 g/mol. The van der Waals surface area contributed by atoms with Crippen molar-refractivity contribution in [1.29, 1.82) is 0 Å². The third-order valence-electron chi connectivity index (χ3n) is 3.88. The van der Waals surface area contributed by atoms with Gasteiger partial charge in [-0.25, -0.2) is 0 Å². The number of aromatic nitrogens is 1. The Kier molecular flexibility index (Phi) is 4.38. The maximum atomic E-state index is 13.0. The van der Waals surface area contributed by atoms with Crippen LogP contribution in [-0.4, -0.2) is 24.1 Å². The number of thiophene rings is 1. The molecule has 8 heteroatoms. The number of nitrogens with zero attached hydrogens (tertiary/aromatic N) is 3. The van der Waals surface area contributed by atoms with Gasteiger partial charge < -0.3 is 8.27 Å². The highest BCUT2D eigenvalue weighted by Crippen LogP contribution is 2.39. The third-order valence-corrected chi connectivity index (χ3v) is 6.83. The summed E-state index contributed by atoms with van der Waals surface area (Å²) in [5.41, 5.74) is 1.75. The second-order valence-corrected chi connectivity index (χ2v) is 7.82. The van der Waals surface area contributed by atoms with Crippen LogP contribution < -0.4 is 13.8 Å². The van der Waals surface area contributed by atoms with Crippen molar-refractivity contribution in [3.63, 3.8) is 0 Å². The molecule has 0 aliphatic carbocycles. The summed E-state index contributed by atoms with van der Waals surface area (Å²) in [6, 6.07) is 9.43. The van der Waals surface area contributed by atoms with Crippen molar-refractivity contribution in [3.8, 4) is 11.4 Å². The van der Waals surface area contributed by atoms with E-state index >= 15 is 0 Å². The second-order valence-electron chi connectivity index (χ2n) is 5.30. The number of nitrogens with one attached hydrogen (secondary N) is 1. The summed E-state index contributed by atoms with van der Waals surface area (Å²) in [6.45, 7) is 2.68. The highest BCUT2D eigenvalue weighted by atomic mass is 127. The summed E-state index contributed by atoms with van der Waals surface area (Å²) < 4.78 is 15.5. The number of aliphatic imine (C=N–C) groups is 1. The van der Waals surface area contributed by atoms with Gasteiger partial charge in [-0.05, 0) is 37.3 Å². The van der Waals surface area contributed by atoms with Gasteiger partial charge in [0.25, 0.3) is 5.56 Å². The maximum Gasteiger partial charge on any atom is 0.273 e. The SMILES string of the molecule is CCN=C1N=INc2sc3c(=O)n(-c4ccc(OC)cc4)ccc3c21. The van der Waals surface area contributed by atoms with Gasteiger partial charge in [-0.1, -0.05) is 0 Å². The topological polar surface area (TPSA) is 68.0 Å². The molecule has 0 saturated carbocycles. The molecule has 0 amide bonds. The summed E-state index contributed by atoms with van der Waals surface area (Å²) in [6.07, 6.45) is 1.81. The number of hydrogen-bond acceptors (Lipinski definition) is 5. The van der Waals surface area contributed by atoms with Crippen LogP contribution in [0.25, 0.3) is 15.8 Å². The second kappa shape index (κ2) is 6.68. The molecule has 0 saturated heterocycles. The molecule has 0 radical (unpaired) electrons. The number of benzene rings is 1. The highest BCUT2D eigenvalue weighted by molar-refractivity contribution is 14.2. The van der Waals surface area contributed by atoms with E-state index in [0.717, 1.165) is 37.9 Å². The quantitative estimate of drug-likeness (QED) is 0.462. The fraction of sp³-hybridized carbons (Fsp3) is 0.176. The highest BCUT2D eigenvalue weighted by Gasteiger charge is 2.22. The van der Waals surface area contributed by atoms with E-state index in [4.69, 9.17) is 4.74 Å². The zero-order chi connectivity index (χ0) is 17.4. The molecule has 4 rings (SSSR count). The first-order valence-electron chi connectivity index (χ1n) is 7.70. The van der Waals surface area contributed by atoms with Crippen LogP contribution in [0.2, 0.25) is 0 Å². The van der Waals surface area contributed by atoms with Crippen LogP contribution in [0.3, 0.4) is 0 Å². The van der Waals surface area contributed by atoms with Crippen LogP contribution in [0.5, 0.6) is 5.75 Å². The van der Waals surface area contributed by atoms with E-state index in [1.165, 1.54) is 11.3 Å². The van der Waals surface area contributed by atoms with Crippen LogP contribution in [0.15, 0.2) is 49.5 Å². The van der Waals surface area contributed by atoms with Crippen molar-refractivity contribution in [2.24, 2.45) is 8.14 Å². The molecule has 2 aromatic heterocycles. The number of halogens is 1. The molecule has 1 aliphatic heterocycles. The molecule has 1 N–H and O–H groups in total. The molecule has 0 atom stereocenters. The zero-order valence-corrected chi connectivity index (χ0v) is 16.6. The first-order chi connectivity index (χ1) is 12.2. The number of amidine groups is 1. The summed E-state index contributed by atoms with van der Waals surface area (Å²) >= 11 is 0.989. The molecule has 3 heterocycles. The Balaban J connectivity index is 1.90. The van der Waals surface area contributed by atoms with Gasteiger partial charge in [-0.15, -0.1) is 11.3 Å². The lowest BCUT2D eigenvalue weighted by atomic mass is 10.1. The summed E-state index contributed by atoms with van der Waals surface area (Å²) in [7, 11) is 1.62. The van der Waals surface area contributed by atoms with E-state index in [0.29, 0.717) is 6.54 Å². The minimum atomic E-state index is -0.501. The van der Waals surface area contributed by atoms with Gasteiger partial charge in [0.1, 0.15) is 36.8 Å². The van der Waals surface area contributed by atoms with Gasteiger partial charge in [-0.3, -0.25) is 14.4 Å². The summed E-state index contributed by atoms with van der Waals surface area (Å²) in [4.78, 5) is 17.5. The predicted molar refractivity (Wildman–Crippen MR) is 111 cm³/mol. The lowest BCUT2D eigenvalue weighted by Crippen LogP contribution is -2.16. The number of hydrogen-bond donors (Lipinski definition) is 1. The van der Waals surface area contributed by atoms with E-state index in [1.54, 1.807) is 11.7 Å². The fourth-order valence-corrected chi connectivity index (χ4v) is 5.53. The smallest absolute Gasteiger partial charge is 0.273 e. The average Bonchev–Trinajstić information content (AvgIpc) is 3.03. The molecule has 128 valence electrons. The van der Waals surface area contributed by atoms with Gasteiger partial charge in [0.15, 0.2) is 5.84 Å². The Hall–Kier alpha value is -2.07. The van der Waals surface area contributed by atoms with Crippen LogP contribution in [0.1, 0.15) is 12.5 Å². The van der Waals surface area contributed by atoms with Crippen molar-refractivity contribution < 1.29 is 4.74 Å². The van der Waals surface area contributed by atoms with Crippen LogP contribution in [0.4, 0.5) is 5.00 Å². The van der Waals surface area contributed by atoms with Crippen molar-refractivity contribution in [2.75, 3.05) is 17.2 Å². The monoisotopic (exact) mass is 466 g/mol. The van der Waals surface area contributed by atoms with E-state index in [9.17, 15) is 4.79 Å². The number of anilines is 1. The maximum absolute atomic E-state index is 13.0. The minimum absolute atomic E-state index is 0.0297. The number of pyridine rings is 1. The molecule has 0 unspecified atom stereocenters. The molecule has 6 nitrogen and oxygen atoms in total. The van der Waals surface area contributed by atoms with Crippen molar-refractivity contribution >= 4 is 53.6 Å². The molecule has 25 heavy (non-hydrogen) atoms. The molecule has 3 aromatic rings. The Morgan fingerprint density at radius 2 is 2.12 bits per heavy atom. The third kappa shape index (κ3) is 2.78. The van der Waals surface area contributed by atoms with Crippen molar-refractivity contribution in [2.45, 2.75) is 6.92 Å². The molecule has 1 aromatic carbocycles. The van der Waals surface area contributed by atoms with E-state index in [1.807, 2.05) is 43.5 Å². The lowest BCUT2D eigenvalue weighted by molar-refractivity contribution is 0.414. The first-order valence-corrected chi connectivity index (χ1v) is 10.6. The van der Waals surface area contributed by atoms with Gasteiger partial charge in [0.05, 0.1) is 12.7 Å². The van der Waals surface area contributed by atoms with Crippen molar-refractivity contribution in [1.82, 2.24) is 4.57 Å². The Morgan fingerprint density at radius 3 is 2.84 bits per heavy atom. The molecular weight excluding hydrogens is 451 g/mol. The number of ether oxygens (including phenoxy) is 1. The van der Waals surface area contributed by atoms with E-state index in [2.05, 4.69) is 11.7 Å². The van der Waals surface area contributed by atoms with E-state index in [-0.39, 0.29) is 5.56 Å². The zero-order valence-electron chi connectivity index (χ0n) is 13.6. The molecule has 1 aliphatic rings. The number of rotatable bonds is 3. The van der Waals surface area contributed by atoms with Gasteiger partial charge in [0, 0.05) is 23.8 Å². The van der Waals surface area contributed by atoms with Crippen LogP contribution >= 0.6 is 32.6 Å². The summed E-state index contributed by atoms with van der Waals surface area (Å²) in [5.74, 6) is 1.54. The molecule has 0 spiro atoms. The van der Waals surface area contributed by atoms with Crippen molar-refractivity contribution in [3.05, 3.63) is 52.4 Å². The number of methoxy groups -OCH3 is 1. The number of fused-ring (bicyclic) bond motifs is 3. The molecule has 0 bridgehead atoms. The van der Waals surface area contributed by atoms with E-state index < -0.39 is 21.3 Å². The Morgan fingerprint density at radius 1 is 1.32 bits per heavy atom. The lowest BCUT2D eigenvalue weighted by Gasteiger charge is -2.09. The fourth-order valence-electron chi connectivity index (χ4n) is 2.72. The largest absolute Gasteiger partial charge is 0.497 e. The van der Waals surface area contributed by atoms with Gasteiger partial charge in [0.2, 0.25) is 0 Å². The summed E-state index contributed by atoms with van der Waals surface area (Å²) in [5, 5.41) is 1.93. The predicted octanol–water partition coefficient (Wildman–Crippen LogP) is 4.32. The van der Waals surface area contributed by atoms with Gasteiger partial charge >= 0.3 is 0 Å². The minimum Gasteiger partial charge on any atom is -0.497 e.